The molecule has 0 saturated carbocycles. The van der Waals surface area contributed by atoms with Crippen molar-refractivity contribution in [3.05, 3.63) is 95.7 Å². The molecule has 4 rings (SSSR count). The minimum Gasteiger partial charge on any atom is -0.508 e. The van der Waals surface area contributed by atoms with Crippen molar-refractivity contribution < 1.29 is 87.9 Å². The molecule has 35 nitrogen and oxygen atoms in total. The highest BCUT2D eigenvalue weighted by molar-refractivity contribution is 6.00. The summed E-state index contributed by atoms with van der Waals surface area (Å²) in [7, 11) is 0. The highest BCUT2D eigenvalue weighted by Gasteiger charge is 2.39. The number of H-pyrrole nitrogens is 1. The van der Waals surface area contributed by atoms with Crippen molar-refractivity contribution >= 4 is 93.7 Å². The Morgan fingerprint density at radius 2 is 0.736 bits per heavy atom. The van der Waals surface area contributed by atoms with Crippen molar-refractivity contribution in [2.45, 2.75) is 309 Å². The molecule has 672 valence electrons. The number of aliphatic hydroxyl groups excluding tert-OH is 3. The van der Waals surface area contributed by atoms with E-state index in [1.807, 2.05) is 0 Å². The molecule has 0 aliphatic rings. The number of amides is 13. The second-order valence-electron chi connectivity index (χ2n) is 32.7. The number of aliphatic imine (C=N–C) groups is 1. The van der Waals surface area contributed by atoms with E-state index in [0.717, 1.165) is 39.5 Å². The van der Waals surface area contributed by atoms with Gasteiger partial charge in [-0.2, -0.15) is 0 Å². The van der Waals surface area contributed by atoms with Crippen LogP contribution in [-0.4, -0.2) is 211 Å². The third-order valence-corrected chi connectivity index (χ3v) is 20.5. The largest absolute Gasteiger partial charge is 0.508 e. The van der Waals surface area contributed by atoms with Crippen LogP contribution in [-0.2, 0) is 81.6 Å². The summed E-state index contributed by atoms with van der Waals surface area (Å²) < 4.78 is 0. The summed E-state index contributed by atoms with van der Waals surface area (Å²) in [6.45, 7) is 19.0. The first-order valence-corrected chi connectivity index (χ1v) is 42.3. The zero-order valence-electron chi connectivity index (χ0n) is 72.2. The van der Waals surface area contributed by atoms with Crippen LogP contribution in [0.3, 0.4) is 0 Å². The van der Waals surface area contributed by atoms with Crippen molar-refractivity contribution in [2.75, 3.05) is 6.54 Å². The molecule has 121 heavy (non-hydrogen) atoms. The van der Waals surface area contributed by atoms with E-state index in [4.69, 9.17) is 17.2 Å². The smallest absolute Gasteiger partial charge is 0.245 e. The molecule has 0 saturated heterocycles. The zero-order chi connectivity index (χ0) is 90.2. The standard InChI is InChI=1S/C86H135N17O18/c1-13-14-15-16-17-18-19-20-21-22-23-24-25-32-69(109)100-70(50(6)7)82(118)103-73(55(12)106)85(121)97-64(42-48(2)3)77(113)92-51(8)75(111)95-65(43-49(4)5)79(115)96-68(46-58-47-91-62-30-27-26-29-61(58)62)78(114)93-52(9)76(112)101-71(53(10)104)83(119)99-67(45-57-35-39-60(108)40-36-57)81(117)102-72(54(11)105)84(120)98-66(44-56-33-37-59(107)38-34-56)80(116)94-63(74(87)110)31-28-41-90-86(88)89/h26-27,29-30,33-40,47-55,63-68,70-73,91,104-108H,13-25,28,31-32,41-46H2,1-12H3,(H2,87,110)(H,92,113)(H,93,114)(H,94,116)(H,95,111)(H,96,115)(H,97,121)(H,98,120)(H,99,119)(H,100,109)(H,101,112)(H,102,117)(H,103,118)(H4,88,89,90)/t51-,52-,53+,54+,55+,63-,64-,65-,66-,67-,68-,70-,71-,72-,73-/m0/s1. The molecule has 0 fully saturated rings. The molecule has 35 heteroatoms. The molecule has 3 aromatic carbocycles. The number of phenolic OH excluding ortho intramolecular Hbond substituents is 2. The van der Waals surface area contributed by atoms with Gasteiger partial charge in [-0.15, -0.1) is 0 Å². The Morgan fingerprint density at radius 1 is 0.380 bits per heavy atom. The number of para-hydroxylation sites is 1. The number of hydrogen-bond donors (Lipinski definition) is 21. The van der Waals surface area contributed by atoms with Gasteiger partial charge in [-0.1, -0.05) is 168 Å². The lowest BCUT2D eigenvalue weighted by Crippen LogP contribution is -2.63. The third-order valence-electron chi connectivity index (χ3n) is 20.5. The Balaban J connectivity index is 1.51. The molecule has 4 aromatic rings. The number of nitrogens with one attached hydrogen (secondary N) is 13. The lowest BCUT2D eigenvalue weighted by atomic mass is 10.00. The lowest BCUT2D eigenvalue weighted by Gasteiger charge is -2.29. The fourth-order valence-corrected chi connectivity index (χ4v) is 13.5. The predicted molar refractivity (Wildman–Crippen MR) is 458 cm³/mol. The van der Waals surface area contributed by atoms with E-state index < -0.39 is 168 Å². The maximum atomic E-state index is 14.7. The van der Waals surface area contributed by atoms with E-state index in [-0.39, 0.29) is 93.1 Å². The summed E-state index contributed by atoms with van der Waals surface area (Å²) in [5.74, 6) is -13.2. The number of nitrogens with two attached hydrogens (primary N) is 3. The monoisotopic (exact) mass is 1690 g/mol. The number of fused-ring (bicyclic) bond motifs is 1. The molecule has 0 radical (unpaired) electrons. The number of aliphatic hydroxyl groups is 3. The highest BCUT2D eigenvalue weighted by atomic mass is 16.3. The van der Waals surface area contributed by atoms with Crippen LogP contribution in [0, 0.1) is 17.8 Å². The van der Waals surface area contributed by atoms with Gasteiger partial charge in [-0.25, -0.2) is 0 Å². The van der Waals surface area contributed by atoms with Crippen LogP contribution in [0.5, 0.6) is 11.5 Å². The molecule has 1 aromatic heterocycles. The number of guanidine groups is 1. The maximum Gasteiger partial charge on any atom is 0.245 e. The van der Waals surface area contributed by atoms with Gasteiger partial charge in [0.2, 0.25) is 76.8 Å². The maximum absolute atomic E-state index is 14.7. The molecule has 0 aliphatic carbocycles. The number of benzene rings is 3. The average molecular weight is 1700 g/mol. The van der Waals surface area contributed by atoms with Crippen LogP contribution >= 0.6 is 0 Å². The molecular weight excluding hydrogens is 1560 g/mol. The van der Waals surface area contributed by atoms with Gasteiger partial charge in [0.15, 0.2) is 5.96 Å². The van der Waals surface area contributed by atoms with E-state index in [1.165, 1.54) is 121 Å². The van der Waals surface area contributed by atoms with Gasteiger partial charge in [0, 0.05) is 49.3 Å². The van der Waals surface area contributed by atoms with E-state index in [0.29, 0.717) is 34.0 Å². The molecule has 1 heterocycles. The number of unbranched alkanes of at least 4 members (excludes halogenated alkanes) is 12. The van der Waals surface area contributed by atoms with Crippen LogP contribution in [0.15, 0.2) is 84.0 Å². The van der Waals surface area contributed by atoms with Crippen LogP contribution in [0.25, 0.3) is 10.9 Å². The molecular formula is C86H135N17O18. The molecule has 0 aliphatic heterocycles. The number of rotatable bonds is 56. The van der Waals surface area contributed by atoms with Crippen molar-refractivity contribution in [1.82, 2.24) is 68.8 Å². The van der Waals surface area contributed by atoms with E-state index in [9.17, 15) is 87.9 Å². The normalized spacial score (nSPS) is 15.1. The average Bonchev–Trinajstić information content (AvgIpc) is 1.79. The second-order valence-corrected chi connectivity index (χ2v) is 32.7. The number of primary amides is 1. The lowest BCUT2D eigenvalue weighted by molar-refractivity contribution is -0.137. The summed E-state index contributed by atoms with van der Waals surface area (Å²) in [5, 5.41) is 84.9. The number of aromatic hydroxyl groups is 2. The first-order chi connectivity index (χ1) is 57.2. The van der Waals surface area contributed by atoms with Crippen molar-refractivity contribution in [3.8, 4) is 11.5 Å². The summed E-state index contributed by atoms with van der Waals surface area (Å²) in [4.78, 5) is 190. The fraction of sp³-hybridized carbons (Fsp3) is 0.605. The van der Waals surface area contributed by atoms with Crippen LogP contribution in [0.4, 0.5) is 0 Å². The number of carbonyl (C=O) groups is 13. The van der Waals surface area contributed by atoms with Gasteiger partial charge in [-0.05, 0) is 131 Å². The first kappa shape index (κ1) is 102. The van der Waals surface area contributed by atoms with Gasteiger partial charge >= 0.3 is 0 Å². The van der Waals surface area contributed by atoms with Gasteiger partial charge in [0.25, 0.3) is 0 Å². The second kappa shape index (κ2) is 53.0. The Kier molecular flexibility index (Phi) is 44.8. The number of phenols is 2. The summed E-state index contributed by atoms with van der Waals surface area (Å²) in [6, 6.07) is -0.0226. The molecule has 0 bridgehead atoms. The summed E-state index contributed by atoms with van der Waals surface area (Å²) in [6.07, 6.45) is 11.1. The van der Waals surface area contributed by atoms with Gasteiger partial charge in [0.1, 0.15) is 84.0 Å². The molecule has 24 N–H and O–H groups in total. The number of aromatic nitrogens is 1. The topological polar surface area (TPSA) is 574 Å². The highest BCUT2D eigenvalue weighted by Crippen LogP contribution is 2.22. The van der Waals surface area contributed by atoms with Crippen molar-refractivity contribution in [3.63, 3.8) is 0 Å². The SMILES string of the molecule is CCCCCCCCCCCCCCCC(=O)N[C@H](C(=O)N[C@H](C(=O)N[C@@H](CC(C)C)C(=O)N[C@@H](C)C(=O)N[C@@H](CC(C)C)C(=O)N[C@@H](Cc1c[nH]c2ccccc12)C(=O)N[C@@H](C)C(=O)N[C@H](C(=O)N[C@@H](Cc1ccc(O)cc1)C(=O)N[C@H](C(=O)N[C@@H](Cc1ccc(O)cc1)C(=O)N[C@@H](CCCN=C(N)N)C(N)=O)[C@@H](C)O)[C@@H](C)O)[C@@H](C)O)C(C)C. The van der Waals surface area contributed by atoms with Crippen LogP contribution in [0.1, 0.15) is 215 Å². The molecule has 15 atom stereocenters. The van der Waals surface area contributed by atoms with Crippen molar-refractivity contribution in [1.29, 1.82) is 0 Å². The van der Waals surface area contributed by atoms with Gasteiger partial charge in [-0.3, -0.25) is 67.3 Å². The molecule has 0 spiro atoms. The third kappa shape index (κ3) is 37.3. The van der Waals surface area contributed by atoms with Crippen molar-refractivity contribution in [2.24, 2.45) is 39.9 Å². The summed E-state index contributed by atoms with van der Waals surface area (Å²) in [5.41, 5.74) is 18.4. The minimum atomic E-state index is -1.89. The molecule has 0 unspecified atom stereocenters. The predicted octanol–water partition coefficient (Wildman–Crippen LogP) is 2.38. The van der Waals surface area contributed by atoms with Crippen LogP contribution < -0.4 is 81.0 Å². The quantitative estimate of drug-likeness (QED) is 0.0171. The Labute approximate surface area is 709 Å². The number of hydrogen-bond acceptors (Lipinski definition) is 19. The minimum absolute atomic E-state index is 0.00906. The van der Waals surface area contributed by atoms with Gasteiger partial charge in [0.05, 0.1) is 18.3 Å². The van der Waals surface area contributed by atoms with Crippen LogP contribution in [0.2, 0.25) is 0 Å². The first-order valence-electron chi connectivity index (χ1n) is 42.3. The number of aromatic amines is 1. The number of carbonyl (C=O) groups excluding carboxylic acids is 13. The van der Waals surface area contributed by atoms with Gasteiger partial charge < -0.3 is 112 Å². The van der Waals surface area contributed by atoms with E-state index in [1.54, 1.807) is 72.0 Å². The van der Waals surface area contributed by atoms with E-state index in [2.05, 4.69) is 80.7 Å². The zero-order valence-corrected chi connectivity index (χ0v) is 72.2. The van der Waals surface area contributed by atoms with E-state index >= 15 is 0 Å². The fourth-order valence-electron chi connectivity index (χ4n) is 13.5. The molecule has 13 amide bonds. The Hall–Kier alpha value is -10.9. The summed E-state index contributed by atoms with van der Waals surface area (Å²) >= 11 is 0. The Morgan fingerprint density at radius 3 is 1.17 bits per heavy atom. The Bertz CT molecular complexity index is 4020. The number of nitrogens with zero attached hydrogens (tertiary/aromatic N) is 1.